The molecule has 0 amide bonds. The van der Waals surface area contributed by atoms with Gasteiger partial charge >= 0.3 is 0 Å². The largest absolute Gasteiger partial charge is 0.356 e. The molecule has 4 heterocycles. The highest BCUT2D eigenvalue weighted by molar-refractivity contribution is 5.81. The lowest BCUT2D eigenvalue weighted by atomic mass is 9.91. The summed E-state index contributed by atoms with van der Waals surface area (Å²) in [5.74, 6) is 1.32. The summed E-state index contributed by atoms with van der Waals surface area (Å²) in [4.78, 5) is 20.1. The van der Waals surface area contributed by atoms with E-state index in [0.29, 0.717) is 17.1 Å². The molecule has 0 N–H and O–H groups in total. The van der Waals surface area contributed by atoms with E-state index in [-0.39, 0.29) is 5.56 Å². The molecule has 3 aromatic rings. The third-order valence-electron chi connectivity index (χ3n) is 6.86. The second-order valence-corrected chi connectivity index (χ2v) is 8.76. The minimum absolute atomic E-state index is 0.169. The smallest absolute Gasteiger partial charge is 0.256 e. The van der Waals surface area contributed by atoms with Crippen molar-refractivity contribution < 1.29 is 4.52 Å². The Morgan fingerprint density at radius 2 is 2.06 bits per heavy atom. The van der Waals surface area contributed by atoms with Gasteiger partial charge in [0.15, 0.2) is 5.58 Å². The van der Waals surface area contributed by atoms with E-state index in [0.717, 1.165) is 92.9 Å². The van der Waals surface area contributed by atoms with Crippen LogP contribution < -0.4 is 5.56 Å². The molecule has 2 aliphatic rings. The molecule has 0 saturated carbocycles. The quantitative estimate of drug-likeness (QED) is 0.647. The molecule has 31 heavy (non-hydrogen) atoms. The molecule has 0 atom stereocenters. The monoisotopic (exact) mass is 417 g/mol. The first-order valence-electron chi connectivity index (χ1n) is 11.2. The molecule has 0 radical (unpaired) electrons. The third kappa shape index (κ3) is 3.77. The molecule has 5 rings (SSSR count). The molecule has 0 bridgehead atoms. The SMILES string of the molecule is Cc1nc2n(c(=O)c1CCN1CCC(c3noc4cc(C#N)ccc34)CC1)CCCC2. The summed E-state index contributed by atoms with van der Waals surface area (Å²) in [5.41, 5.74) is 4.23. The molecule has 2 aliphatic heterocycles. The Hall–Kier alpha value is -2.98. The number of hydrogen-bond acceptors (Lipinski definition) is 6. The number of nitrogens with zero attached hydrogens (tertiary/aromatic N) is 5. The molecule has 0 aliphatic carbocycles. The summed E-state index contributed by atoms with van der Waals surface area (Å²) in [7, 11) is 0. The number of nitriles is 1. The van der Waals surface area contributed by atoms with Crippen LogP contribution in [0, 0.1) is 18.3 Å². The van der Waals surface area contributed by atoms with E-state index in [2.05, 4.69) is 16.1 Å². The first kappa shape index (κ1) is 20.0. The van der Waals surface area contributed by atoms with Crippen LogP contribution in [0.1, 0.15) is 59.9 Å². The van der Waals surface area contributed by atoms with Gasteiger partial charge in [-0.2, -0.15) is 5.26 Å². The fourth-order valence-corrected chi connectivity index (χ4v) is 5.04. The zero-order valence-corrected chi connectivity index (χ0v) is 17.9. The lowest BCUT2D eigenvalue weighted by Gasteiger charge is -2.31. The van der Waals surface area contributed by atoms with Crippen molar-refractivity contribution in [1.82, 2.24) is 19.6 Å². The predicted octanol–water partition coefficient (Wildman–Crippen LogP) is 3.32. The summed E-state index contributed by atoms with van der Waals surface area (Å²) in [6.45, 7) is 5.63. The Morgan fingerprint density at radius 3 is 2.87 bits per heavy atom. The zero-order valence-electron chi connectivity index (χ0n) is 17.9. The van der Waals surface area contributed by atoms with Gasteiger partial charge in [-0.3, -0.25) is 9.36 Å². The standard InChI is InChI=1S/C24H27N5O2/c1-16-19(24(30)29-10-3-2-4-22(29)26-16)9-13-28-11-7-18(8-12-28)23-20-6-5-17(15-25)14-21(20)31-27-23/h5-6,14,18H,2-4,7-13H2,1H3. The average Bonchev–Trinajstić information content (AvgIpc) is 3.22. The number of fused-ring (bicyclic) bond motifs is 2. The second-order valence-electron chi connectivity index (χ2n) is 8.76. The molecule has 7 nitrogen and oxygen atoms in total. The Balaban J connectivity index is 1.23. The molecular formula is C24H27N5O2. The van der Waals surface area contributed by atoms with Crippen molar-refractivity contribution in [3.8, 4) is 6.07 Å². The van der Waals surface area contributed by atoms with E-state index in [1.54, 1.807) is 6.07 Å². The number of aryl methyl sites for hydroxylation is 2. The molecular weight excluding hydrogens is 390 g/mol. The van der Waals surface area contributed by atoms with Crippen LogP contribution in [0.15, 0.2) is 27.5 Å². The zero-order chi connectivity index (χ0) is 21.4. The van der Waals surface area contributed by atoms with Crippen molar-refractivity contribution >= 4 is 11.0 Å². The highest BCUT2D eigenvalue weighted by Crippen LogP contribution is 2.32. The number of aromatic nitrogens is 3. The van der Waals surface area contributed by atoms with Crippen molar-refractivity contribution in [2.75, 3.05) is 19.6 Å². The fourth-order valence-electron chi connectivity index (χ4n) is 5.04. The van der Waals surface area contributed by atoms with Gasteiger partial charge in [-0.05, 0) is 64.3 Å². The summed E-state index contributed by atoms with van der Waals surface area (Å²) >= 11 is 0. The topological polar surface area (TPSA) is 87.9 Å². The van der Waals surface area contributed by atoms with Crippen LogP contribution in [0.3, 0.4) is 0 Å². The summed E-state index contributed by atoms with van der Waals surface area (Å²) < 4.78 is 7.38. The summed E-state index contributed by atoms with van der Waals surface area (Å²) in [6.07, 6.45) is 5.90. The van der Waals surface area contributed by atoms with E-state index in [1.807, 2.05) is 23.6 Å². The summed E-state index contributed by atoms with van der Waals surface area (Å²) in [5, 5.41) is 14.4. The van der Waals surface area contributed by atoms with Gasteiger partial charge in [-0.15, -0.1) is 0 Å². The second kappa shape index (κ2) is 8.27. The minimum Gasteiger partial charge on any atom is -0.356 e. The molecule has 2 aromatic heterocycles. The fraction of sp³-hybridized carbons (Fsp3) is 0.500. The van der Waals surface area contributed by atoms with Crippen LogP contribution in [0.4, 0.5) is 0 Å². The van der Waals surface area contributed by atoms with Crippen LogP contribution in [0.2, 0.25) is 0 Å². The van der Waals surface area contributed by atoms with Crippen LogP contribution >= 0.6 is 0 Å². The Bertz CT molecular complexity index is 1210. The van der Waals surface area contributed by atoms with E-state index >= 15 is 0 Å². The highest BCUT2D eigenvalue weighted by atomic mass is 16.5. The van der Waals surface area contributed by atoms with Crippen molar-refractivity contribution in [1.29, 1.82) is 5.26 Å². The predicted molar refractivity (Wildman–Crippen MR) is 117 cm³/mol. The third-order valence-corrected chi connectivity index (χ3v) is 6.86. The maximum absolute atomic E-state index is 13.0. The van der Waals surface area contributed by atoms with Gasteiger partial charge in [-0.1, -0.05) is 5.16 Å². The normalized spacial score (nSPS) is 17.5. The van der Waals surface area contributed by atoms with Crippen LogP contribution in [-0.2, 0) is 19.4 Å². The molecule has 7 heteroatoms. The maximum atomic E-state index is 13.0. The Morgan fingerprint density at radius 1 is 1.23 bits per heavy atom. The van der Waals surface area contributed by atoms with Gasteiger partial charge in [0.1, 0.15) is 5.82 Å². The van der Waals surface area contributed by atoms with Crippen molar-refractivity contribution in [3.05, 3.63) is 56.9 Å². The molecule has 1 saturated heterocycles. The number of benzene rings is 1. The van der Waals surface area contributed by atoms with E-state index in [4.69, 9.17) is 14.8 Å². The van der Waals surface area contributed by atoms with E-state index in [9.17, 15) is 4.79 Å². The number of hydrogen-bond donors (Lipinski definition) is 0. The van der Waals surface area contributed by atoms with Crippen molar-refractivity contribution in [3.63, 3.8) is 0 Å². The average molecular weight is 418 g/mol. The van der Waals surface area contributed by atoms with Gasteiger partial charge in [0.2, 0.25) is 0 Å². The molecule has 160 valence electrons. The van der Waals surface area contributed by atoms with Gasteiger partial charge in [-0.25, -0.2) is 4.98 Å². The highest BCUT2D eigenvalue weighted by Gasteiger charge is 2.25. The first-order chi connectivity index (χ1) is 15.1. The van der Waals surface area contributed by atoms with Crippen molar-refractivity contribution in [2.45, 2.75) is 57.9 Å². The minimum atomic E-state index is 0.169. The van der Waals surface area contributed by atoms with Gasteiger partial charge < -0.3 is 9.42 Å². The van der Waals surface area contributed by atoms with Gasteiger partial charge in [0.25, 0.3) is 5.56 Å². The van der Waals surface area contributed by atoms with Gasteiger partial charge in [0.05, 0.1) is 17.3 Å². The molecule has 0 unspecified atom stereocenters. The number of piperidine rings is 1. The lowest BCUT2D eigenvalue weighted by Crippen LogP contribution is -2.37. The molecule has 1 aromatic carbocycles. The molecule has 0 spiro atoms. The van der Waals surface area contributed by atoms with Crippen LogP contribution in [-0.4, -0.2) is 39.2 Å². The van der Waals surface area contributed by atoms with Crippen molar-refractivity contribution in [2.24, 2.45) is 0 Å². The van der Waals surface area contributed by atoms with E-state index in [1.165, 1.54) is 0 Å². The summed E-state index contributed by atoms with van der Waals surface area (Å²) in [6, 6.07) is 7.68. The number of likely N-dealkylation sites (tertiary alicyclic amines) is 1. The Kier molecular flexibility index (Phi) is 5.33. The lowest BCUT2D eigenvalue weighted by molar-refractivity contribution is 0.211. The van der Waals surface area contributed by atoms with Gasteiger partial charge in [0, 0.05) is 48.1 Å². The van der Waals surface area contributed by atoms with Crippen LogP contribution in [0.5, 0.6) is 0 Å². The molecule has 1 fully saturated rings. The van der Waals surface area contributed by atoms with E-state index < -0.39 is 0 Å². The van der Waals surface area contributed by atoms with Crippen LogP contribution in [0.25, 0.3) is 11.0 Å². The maximum Gasteiger partial charge on any atom is 0.256 e. The Labute approximate surface area is 181 Å². The number of rotatable bonds is 4. The first-order valence-corrected chi connectivity index (χ1v) is 11.2.